The van der Waals surface area contributed by atoms with Gasteiger partial charge in [-0.2, -0.15) is 4.94 Å². The molecular formula is C5H13FINO. The van der Waals surface area contributed by atoms with Gasteiger partial charge in [0.1, 0.15) is 13.2 Å². The molecule has 0 saturated carbocycles. The summed E-state index contributed by atoms with van der Waals surface area (Å²) in [5, 5.41) is 0. The van der Waals surface area contributed by atoms with Crippen molar-refractivity contribution in [2.45, 2.75) is 0 Å². The van der Waals surface area contributed by atoms with Crippen molar-refractivity contribution in [3.05, 3.63) is 0 Å². The molecule has 0 atom stereocenters. The van der Waals surface area contributed by atoms with Gasteiger partial charge in [-0.3, -0.25) is 0 Å². The molecule has 0 N–H and O–H groups in total. The van der Waals surface area contributed by atoms with Crippen LogP contribution in [0.15, 0.2) is 0 Å². The number of nitrogens with zero attached hydrogens (tertiary/aromatic N) is 1. The van der Waals surface area contributed by atoms with E-state index in [0.717, 1.165) is 4.48 Å². The first-order valence-electron chi connectivity index (χ1n) is 2.60. The van der Waals surface area contributed by atoms with E-state index in [1.165, 1.54) is 0 Å². The summed E-state index contributed by atoms with van der Waals surface area (Å²) in [7, 11) is 5.96. The van der Waals surface area contributed by atoms with E-state index in [4.69, 9.17) is 0 Å². The largest absolute Gasteiger partial charge is 1.00 e. The van der Waals surface area contributed by atoms with Gasteiger partial charge in [-0.25, -0.2) is 0 Å². The smallest absolute Gasteiger partial charge is 0.136 e. The van der Waals surface area contributed by atoms with Gasteiger partial charge in [0.15, 0.2) is 0 Å². The number of rotatable bonds is 3. The molecule has 0 aliphatic rings. The molecule has 9 heavy (non-hydrogen) atoms. The standard InChI is InChI=1S/C5H13FNO.HI/c1-7(2,3)4-5-8-6;/h4-5H2,1-3H3;1H/q+1;/p-1. The van der Waals surface area contributed by atoms with Crippen molar-refractivity contribution in [3.8, 4) is 0 Å². The summed E-state index contributed by atoms with van der Waals surface area (Å²) in [6, 6.07) is 0. The molecule has 0 saturated heterocycles. The quantitative estimate of drug-likeness (QED) is 0.400. The van der Waals surface area contributed by atoms with Gasteiger partial charge in [-0.15, -0.1) is 0 Å². The molecule has 0 spiro atoms. The van der Waals surface area contributed by atoms with Gasteiger partial charge in [0, 0.05) is 0 Å². The van der Waals surface area contributed by atoms with Crippen molar-refractivity contribution in [1.82, 2.24) is 0 Å². The Morgan fingerprint density at radius 2 is 1.78 bits per heavy atom. The fourth-order valence-electron chi connectivity index (χ4n) is 0.308. The third-order valence-corrected chi connectivity index (χ3v) is 0.839. The number of quaternary nitrogens is 1. The lowest BCUT2D eigenvalue weighted by atomic mass is 10.5. The molecule has 0 rings (SSSR count). The van der Waals surface area contributed by atoms with Gasteiger partial charge in [-0.05, 0) is 4.53 Å². The van der Waals surface area contributed by atoms with E-state index in [0.29, 0.717) is 6.54 Å². The lowest BCUT2D eigenvalue weighted by Gasteiger charge is -2.22. The number of halogens is 2. The number of hydrogen-bond donors (Lipinski definition) is 0. The molecule has 0 radical (unpaired) electrons. The Labute approximate surface area is 72.5 Å². The minimum Gasteiger partial charge on any atom is -1.00 e. The molecule has 0 unspecified atom stereocenters. The fraction of sp³-hybridized carbons (Fsp3) is 1.00. The summed E-state index contributed by atoms with van der Waals surface area (Å²) in [5.41, 5.74) is 0. The van der Waals surface area contributed by atoms with Crippen LogP contribution in [0.1, 0.15) is 0 Å². The second-order valence-electron chi connectivity index (χ2n) is 2.83. The maximum atomic E-state index is 11.0. The van der Waals surface area contributed by atoms with E-state index in [2.05, 4.69) is 4.94 Å². The first-order chi connectivity index (χ1) is 3.56. The van der Waals surface area contributed by atoms with E-state index >= 15 is 0 Å². The monoisotopic (exact) mass is 249 g/mol. The predicted octanol–water partition coefficient (Wildman–Crippen LogP) is -2.40. The van der Waals surface area contributed by atoms with Crippen LogP contribution in [-0.4, -0.2) is 38.8 Å². The maximum absolute atomic E-state index is 11.0. The molecule has 0 aromatic heterocycles. The fourth-order valence-corrected chi connectivity index (χ4v) is 0.308. The van der Waals surface area contributed by atoms with E-state index in [-0.39, 0.29) is 30.6 Å². The summed E-state index contributed by atoms with van der Waals surface area (Å²) < 4.78 is 11.8. The van der Waals surface area contributed by atoms with Gasteiger partial charge in [0.05, 0.1) is 21.1 Å². The van der Waals surface area contributed by atoms with Crippen LogP contribution in [0, 0.1) is 0 Å². The minimum atomic E-state index is 0. The van der Waals surface area contributed by atoms with E-state index < -0.39 is 0 Å². The Morgan fingerprint density at radius 1 is 1.33 bits per heavy atom. The van der Waals surface area contributed by atoms with Crippen LogP contribution < -0.4 is 24.0 Å². The van der Waals surface area contributed by atoms with Gasteiger partial charge in [0.25, 0.3) is 0 Å². The van der Waals surface area contributed by atoms with Gasteiger partial charge >= 0.3 is 0 Å². The van der Waals surface area contributed by atoms with Crippen LogP contribution in [-0.2, 0) is 4.94 Å². The molecular weight excluding hydrogens is 236 g/mol. The lowest BCUT2D eigenvalue weighted by molar-refractivity contribution is -0.871. The second-order valence-corrected chi connectivity index (χ2v) is 2.83. The molecule has 0 heterocycles. The molecule has 0 bridgehead atoms. The predicted molar refractivity (Wildman–Crippen MR) is 30.0 cm³/mol. The molecule has 2 nitrogen and oxygen atoms in total. The minimum absolute atomic E-state index is 0. The van der Waals surface area contributed by atoms with Crippen LogP contribution in [0.5, 0.6) is 0 Å². The summed E-state index contributed by atoms with van der Waals surface area (Å²) in [5.74, 6) is 0. The lowest BCUT2D eigenvalue weighted by Crippen LogP contribution is -3.00. The van der Waals surface area contributed by atoms with E-state index in [9.17, 15) is 4.53 Å². The summed E-state index contributed by atoms with van der Waals surface area (Å²) >= 11 is 0. The highest BCUT2D eigenvalue weighted by Crippen LogP contribution is 1.88. The van der Waals surface area contributed by atoms with Gasteiger partial charge in [-0.1, -0.05) is 0 Å². The summed E-state index contributed by atoms with van der Waals surface area (Å²) in [6.07, 6.45) is 0. The SMILES string of the molecule is C[N+](C)(C)CCOF.[I-]. The van der Waals surface area contributed by atoms with Gasteiger partial charge in [0.2, 0.25) is 0 Å². The normalized spacial score (nSPS) is 10.7. The first kappa shape index (κ1) is 12.3. The molecule has 0 fully saturated rings. The van der Waals surface area contributed by atoms with Crippen molar-refractivity contribution in [1.29, 1.82) is 0 Å². The zero-order valence-corrected chi connectivity index (χ0v) is 8.18. The molecule has 0 aromatic carbocycles. The van der Waals surface area contributed by atoms with Gasteiger partial charge < -0.3 is 28.5 Å². The van der Waals surface area contributed by atoms with Crippen molar-refractivity contribution >= 4 is 0 Å². The Hall–Kier alpha value is 0.580. The highest BCUT2D eigenvalue weighted by Gasteiger charge is 2.04. The Balaban J connectivity index is 0. The third-order valence-electron chi connectivity index (χ3n) is 0.839. The zero-order chi connectivity index (χ0) is 6.62. The van der Waals surface area contributed by atoms with Crippen LogP contribution in [0.3, 0.4) is 0 Å². The average Bonchev–Trinajstić information content (AvgIpc) is 1.59. The van der Waals surface area contributed by atoms with Crippen LogP contribution >= 0.6 is 0 Å². The highest BCUT2D eigenvalue weighted by atomic mass is 127. The maximum Gasteiger partial charge on any atom is 0.136 e. The van der Waals surface area contributed by atoms with E-state index in [1.54, 1.807) is 0 Å². The van der Waals surface area contributed by atoms with Crippen molar-refractivity contribution in [2.75, 3.05) is 34.3 Å². The van der Waals surface area contributed by atoms with E-state index in [1.807, 2.05) is 21.1 Å². The summed E-state index contributed by atoms with van der Waals surface area (Å²) in [6.45, 7) is 0.889. The Kier molecular flexibility index (Phi) is 7.33. The highest BCUT2D eigenvalue weighted by molar-refractivity contribution is 4.21. The molecule has 0 amide bonds. The van der Waals surface area contributed by atoms with Crippen LogP contribution in [0.4, 0.5) is 4.53 Å². The molecule has 4 heteroatoms. The Bertz CT molecular complexity index is 64.5. The number of likely N-dealkylation sites (N-methyl/N-ethyl adjacent to an activating group) is 1. The zero-order valence-electron chi connectivity index (χ0n) is 6.03. The topological polar surface area (TPSA) is 9.23 Å². The average molecular weight is 249 g/mol. The Morgan fingerprint density at radius 3 is 1.89 bits per heavy atom. The second kappa shape index (κ2) is 5.37. The molecule has 58 valence electrons. The van der Waals surface area contributed by atoms with Crippen LogP contribution in [0.25, 0.3) is 0 Å². The van der Waals surface area contributed by atoms with Crippen LogP contribution in [0.2, 0.25) is 0 Å². The number of hydrogen-bond acceptors (Lipinski definition) is 1. The first-order valence-corrected chi connectivity index (χ1v) is 2.60. The molecule has 0 aromatic rings. The van der Waals surface area contributed by atoms with Crippen molar-refractivity contribution < 1.29 is 37.9 Å². The van der Waals surface area contributed by atoms with Crippen molar-refractivity contribution in [2.24, 2.45) is 0 Å². The molecule has 0 aliphatic carbocycles. The van der Waals surface area contributed by atoms with Crippen molar-refractivity contribution in [3.63, 3.8) is 0 Å². The molecule has 0 aliphatic heterocycles. The third kappa shape index (κ3) is 11.9. The summed E-state index contributed by atoms with van der Waals surface area (Å²) in [4.78, 5) is 3.40.